The van der Waals surface area contributed by atoms with Gasteiger partial charge < -0.3 is 9.30 Å². The van der Waals surface area contributed by atoms with Crippen LogP contribution in [0.1, 0.15) is 15.9 Å². The van der Waals surface area contributed by atoms with E-state index in [4.69, 9.17) is 4.74 Å². The maximum absolute atomic E-state index is 12.7. The lowest BCUT2D eigenvalue weighted by Crippen LogP contribution is -2.23. The molecule has 158 valence electrons. The summed E-state index contributed by atoms with van der Waals surface area (Å²) in [5, 5.41) is 0. The molecular formula is C20H21N3O5S2. The van der Waals surface area contributed by atoms with Crippen LogP contribution >= 0.6 is 11.3 Å². The number of carbonyl (C=O) groups excluding carboxylic acids is 2. The monoisotopic (exact) mass is 447 g/mol. The summed E-state index contributed by atoms with van der Waals surface area (Å²) in [6, 6.07) is 11.3. The summed E-state index contributed by atoms with van der Waals surface area (Å²) >= 11 is 1.29. The molecule has 0 saturated carbocycles. The van der Waals surface area contributed by atoms with Crippen molar-refractivity contribution in [3.05, 3.63) is 58.4 Å². The molecule has 1 aromatic heterocycles. The minimum Gasteiger partial charge on any atom is -0.468 e. The zero-order valence-corrected chi connectivity index (χ0v) is 18.6. The summed E-state index contributed by atoms with van der Waals surface area (Å²) in [6.07, 6.45) is 0. The van der Waals surface area contributed by atoms with Gasteiger partial charge in [0.25, 0.3) is 5.91 Å². The number of thiazole rings is 1. The van der Waals surface area contributed by atoms with Crippen LogP contribution in [0, 0.1) is 6.92 Å². The molecule has 1 amide bonds. The Bertz CT molecular complexity index is 1290. The van der Waals surface area contributed by atoms with Crippen molar-refractivity contribution in [1.82, 2.24) is 8.87 Å². The summed E-state index contributed by atoms with van der Waals surface area (Å²) in [4.78, 5) is 29.2. The highest BCUT2D eigenvalue weighted by Crippen LogP contribution is 2.19. The second-order valence-electron chi connectivity index (χ2n) is 6.75. The molecule has 0 saturated heterocycles. The molecule has 2 aromatic carbocycles. The first kappa shape index (κ1) is 21.9. The summed E-state index contributed by atoms with van der Waals surface area (Å²) in [6.45, 7) is 1.88. The average Bonchev–Trinajstić information content (AvgIpc) is 3.03. The Hall–Kier alpha value is -2.82. The smallest absolute Gasteiger partial charge is 0.325 e. The number of methoxy groups -OCH3 is 1. The number of sulfonamides is 1. The molecule has 3 aromatic rings. The van der Waals surface area contributed by atoms with Crippen molar-refractivity contribution in [1.29, 1.82) is 0 Å². The maximum atomic E-state index is 12.7. The maximum Gasteiger partial charge on any atom is 0.325 e. The Morgan fingerprint density at radius 2 is 1.80 bits per heavy atom. The number of ether oxygens (including phenoxy) is 1. The second-order valence-corrected chi connectivity index (χ2v) is 9.91. The van der Waals surface area contributed by atoms with Crippen molar-refractivity contribution in [2.75, 3.05) is 21.2 Å². The summed E-state index contributed by atoms with van der Waals surface area (Å²) < 4.78 is 32.7. The van der Waals surface area contributed by atoms with Gasteiger partial charge in [0.2, 0.25) is 10.0 Å². The second kappa shape index (κ2) is 8.50. The van der Waals surface area contributed by atoms with E-state index in [0.717, 1.165) is 20.1 Å². The van der Waals surface area contributed by atoms with E-state index in [1.165, 1.54) is 56.8 Å². The van der Waals surface area contributed by atoms with Gasteiger partial charge in [0, 0.05) is 19.7 Å². The molecule has 0 N–H and O–H groups in total. The lowest BCUT2D eigenvalue weighted by Gasteiger charge is -2.11. The Kier molecular flexibility index (Phi) is 6.20. The number of aromatic nitrogens is 1. The van der Waals surface area contributed by atoms with E-state index in [2.05, 4.69) is 4.99 Å². The highest BCUT2D eigenvalue weighted by molar-refractivity contribution is 7.89. The van der Waals surface area contributed by atoms with Gasteiger partial charge in [-0.3, -0.25) is 9.59 Å². The fraction of sp³-hybridized carbons (Fsp3) is 0.250. The fourth-order valence-corrected chi connectivity index (χ4v) is 4.77. The summed E-state index contributed by atoms with van der Waals surface area (Å²) in [5.74, 6) is -0.992. The van der Waals surface area contributed by atoms with Crippen molar-refractivity contribution >= 4 is 43.5 Å². The van der Waals surface area contributed by atoms with Crippen LogP contribution in [-0.2, 0) is 26.1 Å². The van der Waals surface area contributed by atoms with E-state index < -0.39 is 21.9 Å². The predicted molar refractivity (Wildman–Crippen MR) is 114 cm³/mol. The Labute approximate surface area is 178 Å². The molecule has 0 bridgehead atoms. The SMILES string of the molecule is COC(=O)Cn1c(=NC(=O)c2ccc(S(=O)(=O)N(C)C)cc2)sc2cc(C)ccc21. The van der Waals surface area contributed by atoms with Crippen LogP contribution < -0.4 is 4.80 Å². The third-order valence-corrected chi connectivity index (χ3v) is 7.30. The quantitative estimate of drug-likeness (QED) is 0.559. The molecule has 1 heterocycles. The molecular weight excluding hydrogens is 426 g/mol. The lowest BCUT2D eigenvalue weighted by atomic mass is 10.2. The van der Waals surface area contributed by atoms with Gasteiger partial charge in [-0.1, -0.05) is 17.4 Å². The molecule has 30 heavy (non-hydrogen) atoms. The minimum atomic E-state index is -3.58. The van der Waals surface area contributed by atoms with E-state index in [1.807, 2.05) is 25.1 Å². The van der Waals surface area contributed by atoms with Crippen LogP contribution in [0.15, 0.2) is 52.4 Å². The van der Waals surface area contributed by atoms with Crippen LogP contribution in [0.5, 0.6) is 0 Å². The van der Waals surface area contributed by atoms with Crippen LogP contribution in [0.3, 0.4) is 0 Å². The standard InChI is InChI=1S/C20H21N3O5S2/c1-13-5-10-16-17(11-13)29-20(23(16)12-18(24)28-4)21-19(25)14-6-8-15(9-7-14)30(26,27)22(2)3/h5-11H,12H2,1-4H3. The first-order chi connectivity index (χ1) is 14.1. The first-order valence-electron chi connectivity index (χ1n) is 8.92. The molecule has 10 heteroatoms. The van der Waals surface area contributed by atoms with Gasteiger partial charge in [-0.05, 0) is 48.9 Å². The van der Waals surface area contributed by atoms with Crippen molar-refractivity contribution in [2.24, 2.45) is 4.99 Å². The minimum absolute atomic E-state index is 0.0777. The molecule has 3 rings (SSSR count). The zero-order chi connectivity index (χ0) is 22.1. The first-order valence-corrected chi connectivity index (χ1v) is 11.2. The molecule has 0 radical (unpaired) electrons. The van der Waals surface area contributed by atoms with E-state index in [1.54, 1.807) is 4.57 Å². The van der Waals surface area contributed by atoms with Gasteiger partial charge in [-0.15, -0.1) is 0 Å². The number of hydrogen-bond acceptors (Lipinski definition) is 6. The van der Waals surface area contributed by atoms with E-state index in [0.29, 0.717) is 4.80 Å². The number of fused-ring (bicyclic) bond motifs is 1. The third kappa shape index (κ3) is 4.35. The molecule has 0 fully saturated rings. The van der Waals surface area contributed by atoms with Crippen molar-refractivity contribution in [3.8, 4) is 0 Å². The number of carbonyl (C=O) groups is 2. The van der Waals surface area contributed by atoms with Gasteiger partial charge >= 0.3 is 5.97 Å². The normalized spacial score (nSPS) is 12.5. The molecule has 0 aliphatic heterocycles. The Balaban J connectivity index is 2.04. The number of aryl methyl sites for hydroxylation is 1. The Morgan fingerprint density at radius 1 is 1.13 bits per heavy atom. The topological polar surface area (TPSA) is 98.0 Å². The van der Waals surface area contributed by atoms with E-state index in [9.17, 15) is 18.0 Å². The fourth-order valence-electron chi connectivity index (χ4n) is 2.74. The van der Waals surface area contributed by atoms with Crippen molar-refractivity contribution < 1.29 is 22.7 Å². The zero-order valence-electron chi connectivity index (χ0n) is 16.9. The molecule has 0 aliphatic rings. The predicted octanol–water partition coefficient (Wildman–Crippen LogP) is 2.18. The van der Waals surface area contributed by atoms with Crippen molar-refractivity contribution in [2.45, 2.75) is 18.4 Å². The molecule has 8 nitrogen and oxygen atoms in total. The number of benzene rings is 2. The van der Waals surface area contributed by atoms with Crippen molar-refractivity contribution in [3.63, 3.8) is 0 Å². The number of rotatable bonds is 5. The third-order valence-electron chi connectivity index (χ3n) is 4.43. The molecule has 0 spiro atoms. The van der Waals surface area contributed by atoms with Gasteiger partial charge in [0.05, 0.1) is 22.2 Å². The van der Waals surface area contributed by atoms with Gasteiger partial charge in [0.1, 0.15) is 6.54 Å². The van der Waals surface area contributed by atoms with Gasteiger partial charge in [-0.25, -0.2) is 12.7 Å². The van der Waals surface area contributed by atoms with Gasteiger partial charge in [0.15, 0.2) is 4.80 Å². The lowest BCUT2D eigenvalue weighted by molar-refractivity contribution is -0.141. The largest absolute Gasteiger partial charge is 0.468 e. The summed E-state index contributed by atoms with van der Waals surface area (Å²) in [7, 11) is 0.589. The highest BCUT2D eigenvalue weighted by Gasteiger charge is 2.18. The van der Waals surface area contributed by atoms with Crippen LogP contribution in [0.25, 0.3) is 10.2 Å². The van der Waals surface area contributed by atoms with Crippen LogP contribution in [0.2, 0.25) is 0 Å². The number of nitrogens with zero attached hydrogens (tertiary/aromatic N) is 3. The average molecular weight is 448 g/mol. The van der Waals surface area contributed by atoms with Crippen LogP contribution in [0.4, 0.5) is 0 Å². The molecule has 0 aliphatic carbocycles. The highest BCUT2D eigenvalue weighted by atomic mass is 32.2. The number of esters is 1. The van der Waals surface area contributed by atoms with E-state index in [-0.39, 0.29) is 17.0 Å². The Morgan fingerprint density at radius 3 is 2.40 bits per heavy atom. The van der Waals surface area contributed by atoms with Crippen LogP contribution in [-0.4, -0.2) is 50.4 Å². The number of amides is 1. The number of hydrogen-bond donors (Lipinski definition) is 0. The van der Waals surface area contributed by atoms with Gasteiger partial charge in [-0.2, -0.15) is 4.99 Å². The summed E-state index contributed by atoms with van der Waals surface area (Å²) in [5.41, 5.74) is 2.06. The molecule has 0 unspecified atom stereocenters. The van der Waals surface area contributed by atoms with E-state index >= 15 is 0 Å². The molecule has 0 atom stereocenters.